The molecule has 0 bridgehead atoms. The maximum absolute atomic E-state index is 10.7. The molecule has 0 saturated carbocycles. The number of hydrogen-bond donors (Lipinski definition) is 2. The molecule has 2 aromatic rings. The zero-order chi connectivity index (χ0) is 12.4. The largest absolute Gasteiger partial charge is 0.481 e. The molecule has 17 heavy (non-hydrogen) atoms. The third-order valence-electron chi connectivity index (χ3n) is 2.53. The van der Waals surface area contributed by atoms with Crippen LogP contribution in [-0.2, 0) is 4.79 Å². The maximum atomic E-state index is 10.7. The molecular formula is C11H13N3O2S. The summed E-state index contributed by atoms with van der Waals surface area (Å²) < 4.78 is 0.975. The molecule has 6 heteroatoms. The first kappa shape index (κ1) is 11.8. The Bertz CT molecular complexity index is 553. The standard InChI is InChI=1S/C11H13N3O2S/c1-6(11(15)16)3-12-10-9-8(13-5-14-10)7(2)4-17-9/h4-6H,3H2,1-2H3,(H,15,16)(H,12,13,14). The van der Waals surface area contributed by atoms with Gasteiger partial charge in [0.2, 0.25) is 0 Å². The second-order valence-corrected chi connectivity index (χ2v) is 4.82. The van der Waals surface area contributed by atoms with Crippen molar-refractivity contribution in [1.29, 1.82) is 0 Å². The molecule has 1 atom stereocenters. The van der Waals surface area contributed by atoms with Crippen molar-refractivity contribution in [3.63, 3.8) is 0 Å². The molecule has 90 valence electrons. The van der Waals surface area contributed by atoms with Crippen molar-refractivity contribution < 1.29 is 9.90 Å². The number of thiophene rings is 1. The van der Waals surface area contributed by atoms with Crippen molar-refractivity contribution in [3.05, 3.63) is 17.3 Å². The number of aryl methyl sites for hydroxylation is 1. The summed E-state index contributed by atoms with van der Waals surface area (Å²) in [6.07, 6.45) is 1.50. The Balaban J connectivity index is 2.21. The minimum absolute atomic E-state index is 0.360. The highest BCUT2D eigenvalue weighted by Gasteiger charge is 2.12. The van der Waals surface area contributed by atoms with Gasteiger partial charge in [-0.2, -0.15) is 0 Å². The summed E-state index contributed by atoms with van der Waals surface area (Å²) in [5.74, 6) is -0.549. The van der Waals surface area contributed by atoms with E-state index in [1.807, 2.05) is 12.3 Å². The summed E-state index contributed by atoms with van der Waals surface area (Å²) in [6.45, 7) is 4.02. The Morgan fingerprint density at radius 3 is 3.06 bits per heavy atom. The van der Waals surface area contributed by atoms with Crippen LogP contribution in [0.1, 0.15) is 12.5 Å². The SMILES string of the molecule is Cc1csc2c(NCC(C)C(=O)O)ncnc12. The van der Waals surface area contributed by atoms with E-state index in [9.17, 15) is 4.79 Å². The van der Waals surface area contributed by atoms with Crippen LogP contribution in [0.4, 0.5) is 5.82 Å². The predicted octanol–water partition coefficient (Wildman–Crippen LogP) is 2.13. The molecule has 0 aliphatic rings. The number of nitrogens with one attached hydrogen (secondary N) is 1. The summed E-state index contributed by atoms with van der Waals surface area (Å²) in [7, 11) is 0. The molecule has 0 amide bonds. The highest BCUT2D eigenvalue weighted by molar-refractivity contribution is 7.18. The lowest BCUT2D eigenvalue weighted by Crippen LogP contribution is -2.20. The van der Waals surface area contributed by atoms with E-state index in [0.29, 0.717) is 12.4 Å². The summed E-state index contributed by atoms with van der Waals surface area (Å²) in [4.78, 5) is 19.1. The maximum Gasteiger partial charge on any atom is 0.308 e. The third-order valence-corrected chi connectivity index (χ3v) is 3.62. The first-order valence-electron chi connectivity index (χ1n) is 5.25. The summed E-state index contributed by atoms with van der Waals surface area (Å²) in [5, 5.41) is 13.9. The van der Waals surface area contributed by atoms with E-state index in [1.54, 1.807) is 18.3 Å². The number of hydrogen-bond acceptors (Lipinski definition) is 5. The predicted molar refractivity (Wildman–Crippen MR) is 67.4 cm³/mol. The van der Waals surface area contributed by atoms with Crippen molar-refractivity contribution in [2.45, 2.75) is 13.8 Å². The Labute approximate surface area is 103 Å². The molecule has 0 spiro atoms. The van der Waals surface area contributed by atoms with Gasteiger partial charge in [-0.05, 0) is 17.9 Å². The number of aliphatic carboxylic acids is 1. The van der Waals surface area contributed by atoms with E-state index in [0.717, 1.165) is 15.8 Å². The monoisotopic (exact) mass is 251 g/mol. The van der Waals surface area contributed by atoms with Gasteiger partial charge in [0, 0.05) is 6.54 Å². The second kappa shape index (κ2) is 4.67. The van der Waals surface area contributed by atoms with Gasteiger partial charge in [0.25, 0.3) is 0 Å². The molecular weight excluding hydrogens is 238 g/mol. The smallest absolute Gasteiger partial charge is 0.308 e. The number of carboxylic acid groups (broad SMARTS) is 1. The van der Waals surface area contributed by atoms with E-state index in [2.05, 4.69) is 15.3 Å². The number of nitrogens with zero attached hydrogens (tertiary/aromatic N) is 2. The van der Waals surface area contributed by atoms with Crippen LogP contribution in [0.25, 0.3) is 10.2 Å². The normalized spacial score (nSPS) is 12.6. The van der Waals surface area contributed by atoms with Gasteiger partial charge < -0.3 is 10.4 Å². The lowest BCUT2D eigenvalue weighted by atomic mass is 10.2. The zero-order valence-corrected chi connectivity index (χ0v) is 10.4. The molecule has 0 aliphatic heterocycles. The highest BCUT2D eigenvalue weighted by Crippen LogP contribution is 2.28. The number of carboxylic acids is 1. The van der Waals surface area contributed by atoms with Crippen molar-refractivity contribution in [2.24, 2.45) is 5.92 Å². The molecule has 2 heterocycles. The number of fused-ring (bicyclic) bond motifs is 1. The van der Waals surface area contributed by atoms with Crippen molar-refractivity contribution >= 4 is 33.3 Å². The Hall–Kier alpha value is -1.69. The van der Waals surface area contributed by atoms with Gasteiger partial charge in [-0.25, -0.2) is 9.97 Å². The molecule has 0 radical (unpaired) electrons. The van der Waals surface area contributed by atoms with Gasteiger partial charge in [-0.3, -0.25) is 4.79 Å². The molecule has 0 fully saturated rings. The number of carbonyl (C=O) groups is 1. The van der Waals surface area contributed by atoms with E-state index >= 15 is 0 Å². The highest BCUT2D eigenvalue weighted by atomic mass is 32.1. The van der Waals surface area contributed by atoms with Crippen LogP contribution < -0.4 is 5.32 Å². The quantitative estimate of drug-likeness (QED) is 0.870. The Kier molecular flexibility index (Phi) is 3.23. The van der Waals surface area contributed by atoms with Crippen LogP contribution in [-0.4, -0.2) is 27.6 Å². The summed E-state index contributed by atoms with van der Waals surface area (Å²) >= 11 is 1.57. The van der Waals surface area contributed by atoms with Crippen LogP contribution in [0.15, 0.2) is 11.7 Å². The fourth-order valence-electron chi connectivity index (χ4n) is 1.43. The van der Waals surface area contributed by atoms with E-state index in [1.165, 1.54) is 6.33 Å². The van der Waals surface area contributed by atoms with Gasteiger partial charge in [-0.15, -0.1) is 11.3 Å². The fourth-order valence-corrected chi connectivity index (χ4v) is 2.40. The number of rotatable bonds is 4. The molecule has 2 aromatic heterocycles. The Morgan fingerprint density at radius 1 is 1.59 bits per heavy atom. The minimum Gasteiger partial charge on any atom is -0.481 e. The molecule has 0 aromatic carbocycles. The van der Waals surface area contributed by atoms with Crippen LogP contribution in [0.2, 0.25) is 0 Å². The van der Waals surface area contributed by atoms with Crippen molar-refractivity contribution in [1.82, 2.24) is 9.97 Å². The first-order chi connectivity index (χ1) is 8.09. The van der Waals surface area contributed by atoms with Crippen LogP contribution in [0.3, 0.4) is 0 Å². The molecule has 0 saturated heterocycles. The van der Waals surface area contributed by atoms with Gasteiger partial charge >= 0.3 is 5.97 Å². The zero-order valence-electron chi connectivity index (χ0n) is 9.60. The molecule has 0 aliphatic carbocycles. The lowest BCUT2D eigenvalue weighted by Gasteiger charge is -2.09. The summed E-state index contributed by atoms with van der Waals surface area (Å²) in [6, 6.07) is 0. The Morgan fingerprint density at radius 2 is 2.35 bits per heavy atom. The molecule has 1 unspecified atom stereocenters. The topological polar surface area (TPSA) is 75.1 Å². The van der Waals surface area contributed by atoms with E-state index < -0.39 is 11.9 Å². The van der Waals surface area contributed by atoms with Gasteiger partial charge in [0.05, 0.1) is 16.1 Å². The average molecular weight is 251 g/mol. The van der Waals surface area contributed by atoms with Crippen LogP contribution in [0.5, 0.6) is 0 Å². The van der Waals surface area contributed by atoms with Crippen molar-refractivity contribution in [2.75, 3.05) is 11.9 Å². The van der Waals surface area contributed by atoms with Gasteiger partial charge in [0.1, 0.15) is 12.1 Å². The van der Waals surface area contributed by atoms with Crippen LogP contribution in [0, 0.1) is 12.8 Å². The fraction of sp³-hybridized carbons (Fsp3) is 0.364. The number of anilines is 1. The molecule has 2 N–H and O–H groups in total. The second-order valence-electron chi connectivity index (χ2n) is 3.94. The third kappa shape index (κ3) is 2.36. The van der Waals surface area contributed by atoms with E-state index in [4.69, 9.17) is 5.11 Å². The van der Waals surface area contributed by atoms with Crippen molar-refractivity contribution in [3.8, 4) is 0 Å². The summed E-state index contributed by atoms with van der Waals surface area (Å²) in [5.41, 5.74) is 2.04. The lowest BCUT2D eigenvalue weighted by molar-refractivity contribution is -0.140. The first-order valence-corrected chi connectivity index (χ1v) is 6.13. The van der Waals surface area contributed by atoms with Gasteiger partial charge in [-0.1, -0.05) is 6.92 Å². The van der Waals surface area contributed by atoms with E-state index in [-0.39, 0.29) is 0 Å². The average Bonchev–Trinajstić information content (AvgIpc) is 2.69. The molecule has 5 nitrogen and oxygen atoms in total. The minimum atomic E-state index is -0.815. The molecule has 2 rings (SSSR count). The van der Waals surface area contributed by atoms with Gasteiger partial charge in [0.15, 0.2) is 0 Å². The number of aromatic nitrogens is 2. The van der Waals surface area contributed by atoms with Crippen LogP contribution >= 0.6 is 11.3 Å².